The van der Waals surface area contributed by atoms with E-state index in [2.05, 4.69) is 15.5 Å². The fraction of sp³-hybridized carbons (Fsp3) is 0.136. The molecule has 28 heavy (non-hydrogen) atoms. The maximum Gasteiger partial charge on any atom is 0.221 e. The lowest BCUT2D eigenvalue weighted by atomic mass is 10.0. The molecule has 6 nitrogen and oxygen atoms in total. The fourth-order valence-electron chi connectivity index (χ4n) is 2.88. The molecule has 0 aliphatic heterocycles. The number of hydrogen-bond acceptors (Lipinski definition) is 5. The molecule has 0 aliphatic rings. The second kappa shape index (κ2) is 7.92. The van der Waals surface area contributed by atoms with Crippen molar-refractivity contribution in [1.29, 1.82) is 0 Å². The van der Waals surface area contributed by atoms with Crippen molar-refractivity contribution >= 4 is 23.0 Å². The van der Waals surface area contributed by atoms with E-state index in [0.717, 1.165) is 11.1 Å². The minimum Gasteiger partial charge on any atom is -0.508 e. The summed E-state index contributed by atoms with van der Waals surface area (Å²) < 4.78 is 0. The molecule has 0 atom stereocenters. The van der Waals surface area contributed by atoms with Crippen LogP contribution in [0.2, 0.25) is 0 Å². The topological polar surface area (TPSA) is 94.3 Å². The first kappa shape index (κ1) is 19.1. The minimum atomic E-state index is -0.250. The first-order valence-corrected chi connectivity index (χ1v) is 8.78. The van der Waals surface area contributed by atoms with E-state index in [1.165, 1.54) is 13.0 Å². The van der Waals surface area contributed by atoms with Gasteiger partial charge in [-0.1, -0.05) is 30.3 Å². The molecule has 1 amide bonds. The quantitative estimate of drug-likeness (QED) is 0.400. The molecule has 0 aromatic heterocycles. The van der Waals surface area contributed by atoms with Crippen LogP contribution in [-0.2, 0) is 4.79 Å². The number of rotatable bonds is 4. The number of azo groups is 1. The van der Waals surface area contributed by atoms with Crippen LogP contribution in [0.3, 0.4) is 0 Å². The SMILES string of the molecule is CC(=O)Nc1ccc(O)c(C)c1N=Nc1c(-c2ccccc2)ccc(O)c1C. The lowest BCUT2D eigenvalue weighted by Gasteiger charge is -2.12. The summed E-state index contributed by atoms with van der Waals surface area (Å²) in [5.74, 6) is -0.0811. The standard InChI is InChI=1S/C22H21N3O3/c1-13-19(27)11-9-17(16-7-5-4-6-8-16)21(13)24-25-22-14(2)20(28)12-10-18(22)23-15(3)26/h4-12,27-28H,1-3H3,(H,23,26). The Morgan fingerprint density at radius 3 is 2.04 bits per heavy atom. The Bertz CT molecular complexity index is 1060. The Hall–Kier alpha value is -3.67. The van der Waals surface area contributed by atoms with E-state index in [1.807, 2.05) is 30.3 Å². The molecule has 0 fully saturated rings. The molecule has 0 heterocycles. The van der Waals surface area contributed by atoms with E-state index in [1.54, 1.807) is 32.0 Å². The Morgan fingerprint density at radius 2 is 1.39 bits per heavy atom. The van der Waals surface area contributed by atoms with E-state index in [4.69, 9.17) is 0 Å². The summed E-state index contributed by atoms with van der Waals surface area (Å²) in [5, 5.41) is 31.6. The largest absolute Gasteiger partial charge is 0.508 e. The van der Waals surface area contributed by atoms with Crippen LogP contribution >= 0.6 is 0 Å². The summed E-state index contributed by atoms with van der Waals surface area (Å²) in [7, 11) is 0. The van der Waals surface area contributed by atoms with Crippen molar-refractivity contribution in [3.63, 3.8) is 0 Å². The summed E-state index contributed by atoms with van der Waals surface area (Å²) in [6, 6.07) is 16.2. The summed E-state index contributed by atoms with van der Waals surface area (Å²) >= 11 is 0. The minimum absolute atomic E-state index is 0.0546. The molecule has 3 N–H and O–H groups in total. The average molecular weight is 375 g/mol. The maximum atomic E-state index is 11.5. The van der Waals surface area contributed by atoms with Gasteiger partial charge in [-0.25, -0.2) is 0 Å². The van der Waals surface area contributed by atoms with Gasteiger partial charge in [-0.2, -0.15) is 0 Å². The number of phenols is 2. The van der Waals surface area contributed by atoms with Crippen LogP contribution in [0, 0.1) is 13.8 Å². The smallest absolute Gasteiger partial charge is 0.221 e. The Kier molecular flexibility index (Phi) is 5.40. The van der Waals surface area contributed by atoms with Crippen molar-refractivity contribution in [2.24, 2.45) is 10.2 Å². The van der Waals surface area contributed by atoms with Crippen LogP contribution in [0.1, 0.15) is 18.1 Å². The highest BCUT2D eigenvalue weighted by Crippen LogP contribution is 2.41. The zero-order valence-corrected chi connectivity index (χ0v) is 15.9. The number of amides is 1. The van der Waals surface area contributed by atoms with Crippen LogP contribution in [0.15, 0.2) is 64.8 Å². The second-order valence-corrected chi connectivity index (χ2v) is 6.46. The molecule has 142 valence electrons. The van der Waals surface area contributed by atoms with E-state index in [9.17, 15) is 15.0 Å². The lowest BCUT2D eigenvalue weighted by Crippen LogP contribution is -2.06. The predicted molar refractivity (Wildman–Crippen MR) is 110 cm³/mol. The molecular weight excluding hydrogens is 354 g/mol. The highest BCUT2D eigenvalue weighted by Gasteiger charge is 2.14. The molecule has 0 radical (unpaired) electrons. The molecule has 0 bridgehead atoms. The fourth-order valence-corrected chi connectivity index (χ4v) is 2.88. The van der Waals surface area contributed by atoms with E-state index in [0.29, 0.717) is 28.2 Å². The normalized spacial score (nSPS) is 11.0. The van der Waals surface area contributed by atoms with Crippen LogP contribution in [0.5, 0.6) is 11.5 Å². The molecule has 0 spiro atoms. The van der Waals surface area contributed by atoms with Crippen molar-refractivity contribution in [3.05, 3.63) is 65.7 Å². The van der Waals surface area contributed by atoms with Crippen LogP contribution in [0.4, 0.5) is 17.1 Å². The summed E-state index contributed by atoms with van der Waals surface area (Å²) in [6.07, 6.45) is 0. The zero-order chi connectivity index (χ0) is 20.3. The molecule has 0 saturated carbocycles. The number of aromatic hydroxyl groups is 2. The summed E-state index contributed by atoms with van der Waals surface area (Å²) in [4.78, 5) is 11.5. The number of nitrogens with one attached hydrogen (secondary N) is 1. The highest BCUT2D eigenvalue weighted by atomic mass is 16.3. The molecule has 0 unspecified atom stereocenters. The average Bonchev–Trinajstić information content (AvgIpc) is 2.68. The molecule has 0 saturated heterocycles. The molecular formula is C22H21N3O3. The van der Waals surface area contributed by atoms with Gasteiger partial charge in [0.15, 0.2) is 0 Å². The number of carbonyl (C=O) groups excluding carboxylic acids is 1. The summed E-state index contributed by atoms with van der Waals surface area (Å²) in [6.45, 7) is 4.86. The van der Waals surface area contributed by atoms with Crippen molar-refractivity contribution in [1.82, 2.24) is 0 Å². The zero-order valence-electron chi connectivity index (χ0n) is 15.9. The van der Waals surface area contributed by atoms with Gasteiger partial charge in [0, 0.05) is 23.6 Å². The van der Waals surface area contributed by atoms with Gasteiger partial charge < -0.3 is 15.5 Å². The lowest BCUT2D eigenvalue weighted by molar-refractivity contribution is -0.114. The third-order valence-corrected chi connectivity index (χ3v) is 4.45. The maximum absolute atomic E-state index is 11.5. The van der Waals surface area contributed by atoms with E-state index < -0.39 is 0 Å². The van der Waals surface area contributed by atoms with Crippen LogP contribution < -0.4 is 5.32 Å². The van der Waals surface area contributed by atoms with Gasteiger partial charge >= 0.3 is 0 Å². The van der Waals surface area contributed by atoms with Gasteiger partial charge in [-0.3, -0.25) is 4.79 Å². The van der Waals surface area contributed by atoms with Crippen molar-refractivity contribution < 1.29 is 15.0 Å². The van der Waals surface area contributed by atoms with Crippen LogP contribution in [-0.4, -0.2) is 16.1 Å². The second-order valence-electron chi connectivity index (χ2n) is 6.46. The van der Waals surface area contributed by atoms with Crippen LogP contribution in [0.25, 0.3) is 11.1 Å². The van der Waals surface area contributed by atoms with Gasteiger partial charge in [0.05, 0.1) is 5.69 Å². The van der Waals surface area contributed by atoms with Gasteiger partial charge in [0.2, 0.25) is 5.91 Å². The molecule has 3 rings (SSSR count). The van der Waals surface area contributed by atoms with E-state index in [-0.39, 0.29) is 17.4 Å². The van der Waals surface area contributed by atoms with Gasteiger partial charge in [0.1, 0.15) is 22.9 Å². The number of carbonyl (C=O) groups is 1. The summed E-state index contributed by atoms with van der Waals surface area (Å²) in [5.41, 5.74) is 4.16. The first-order valence-electron chi connectivity index (χ1n) is 8.78. The van der Waals surface area contributed by atoms with Gasteiger partial charge in [0.25, 0.3) is 0 Å². The number of anilines is 1. The van der Waals surface area contributed by atoms with Crippen molar-refractivity contribution in [3.8, 4) is 22.6 Å². The third kappa shape index (κ3) is 3.86. The highest BCUT2D eigenvalue weighted by molar-refractivity contribution is 5.93. The molecule has 0 aliphatic carbocycles. The number of nitrogens with zero attached hydrogens (tertiary/aromatic N) is 2. The molecule has 6 heteroatoms. The Morgan fingerprint density at radius 1 is 0.821 bits per heavy atom. The van der Waals surface area contributed by atoms with Crippen molar-refractivity contribution in [2.45, 2.75) is 20.8 Å². The Balaban J connectivity index is 2.15. The number of benzene rings is 3. The van der Waals surface area contributed by atoms with Gasteiger partial charge in [-0.05, 0) is 43.7 Å². The predicted octanol–water partition coefficient (Wildman–Crippen LogP) is 5.76. The molecule has 3 aromatic carbocycles. The Labute approximate surface area is 163 Å². The number of hydrogen-bond donors (Lipinski definition) is 3. The van der Waals surface area contributed by atoms with Crippen molar-refractivity contribution in [2.75, 3.05) is 5.32 Å². The van der Waals surface area contributed by atoms with E-state index >= 15 is 0 Å². The van der Waals surface area contributed by atoms with Gasteiger partial charge in [-0.15, -0.1) is 10.2 Å². The molecule has 3 aromatic rings. The third-order valence-electron chi connectivity index (χ3n) is 4.45. The number of phenolic OH excluding ortho intramolecular Hbond substituents is 2. The monoisotopic (exact) mass is 375 g/mol. The first-order chi connectivity index (χ1) is 13.4.